The highest BCUT2D eigenvalue weighted by atomic mass is 32.1. The molecule has 0 saturated heterocycles. The highest BCUT2D eigenvalue weighted by Crippen LogP contribution is 2.32. The largest absolute Gasteiger partial charge is 0.497 e. The van der Waals surface area contributed by atoms with E-state index in [1.54, 1.807) is 13.2 Å². The van der Waals surface area contributed by atoms with Crippen molar-refractivity contribution in [3.63, 3.8) is 0 Å². The molecule has 0 unspecified atom stereocenters. The van der Waals surface area contributed by atoms with Gasteiger partial charge in [-0.3, -0.25) is 0 Å². The fourth-order valence-electron chi connectivity index (χ4n) is 2.05. The van der Waals surface area contributed by atoms with Crippen molar-refractivity contribution in [2.45, 2.75) is 0 Å². The van der Waals surface area contributed by atoms with Crippen LogP contribution in [0.3, 0.4) is 0 Å². The topological polar surface area (TPSA) is 48.4 Å². The van der Waals surface area contributed by atoms with Gasteiger partial charge in [0, 0.05) is 5.56 Å². The number of hydrogen-bond donors (Lipinski definition) is 0. The minimum Gasteiger partial charge on any atom is -0.497 e. The highest BCUT2D eigenvalue weighted by molar-refractivity contribution is 7.21. The molecule has 0 saturated carbocycles. The first kappa shape index (κ1) is 13.6. The van der Waals surface area contributed by atoms with E-state index in [1.165, 1.54) is 18.4 Å². The summed E-state index contributed by atoms with van der Waals surface area (Å²) in [6.07, 6.45) is 0. The number of ether oxygens (including phenoxy) is 2. The Balaban J connectivity index is 2.06. The normalized spacial score (nSPS) is 10.6. The zero-order valence-corrected chi connectivity index (χ0v) is 12.4. The van der Waals surface area contributed by atoms with Crippen LogP contribution in [0.15, 0.2) is 42.5 Å². The van der Waals surface area contributed by atoms with Gasteiger partial charge in [0.05, 0.1) is 30.0 Å². The number of esters is 1. The minimum absolute atomic E-state index is 0.340. The third kappa shape index (κ3) is 2.60. The van der Waals surface area contributed by atoms with Gasteiger partial charge in [-0.05, 0) is 30.3 Å². The number of nitrogens with zero attached hydrogens (tertiary/aromatic N) is 1. The smallest absolute Gasteiger partial charge is 0.337 e. The Kier molecular flexibility index (Phi) is 3.58. The first-order valence-corrected chi connectivity index (χ1v) is 7.16. The van der Waals surface area contributed by atoms with Gasteiger partial charge in [-0.2, -0.15) is 0 Å². The minimum atomic E-state index is -0.340. The number of carbonyl (C=O) groups is 1. The molecule has 0 N–H and O–H groups in total. The van der Waals surface area contributed by atoms with Crippen molar-refractivity contribution in [3.05, 3.63) is 48.0 Å². The van der Waals surface area contributed by atoms with E-state index in [0.29, 0.717) is 5.56 Å². The lowest BCUT2D eigenvalue weighted by Gasteiger charge is -2.00. The molecule has 0 spiro atoms. The first-order chi connectivity index (χ1) is 10.2. The van der Waals surface area contributed by atoms with Crippen molar-refractivity contribution in [2.75, 3.05) is 14.2 Å². The molecule has 106 valence electrons. The number of fused-ring (bicyclic) bond motifs is 1. The lowest BCUT2D eigenvalue weighted by Crippen LogP contribution is -1.99. The van der Waals surface area contributed by atoms with Gasteiger partial charge in [0.25, 0.3) is 0 Å². The second-order valence-corrected chi connectivity index (χ2v) is 5.46. The van der Waals surface area contributed by atoms with Gasteiger partial charge in [0.15, 0.2) is 0 Å². The predicted octanol–water partition coefficient (Wildman–Crippen LogP) is 3.76. The zero-order valence-electron chi connectivity index (χ0n) is 11.6. The molecule has 21 heavy (non-hydrogen) atoms. The molecule has 0 radical (unpaired) electrons. The van der Waals surface area contributed by atoms with Crippen LogP contribution in [0, 0.1) is 0 Å². The Hall–Kier alpha value is -2.40. The van der Waals surface area contributed by atoms with Gasteiger partial charge >= 0.3 is 5.97 Å². The fourth-order valence-corrected chi connectivity index (χ4v) is 3.05. The number of carbonyl (C=O) groups excluding carboxylic acids is 1. The van der Waals surface area contributed by atoms with Gasteiger partial charge in [0.1, 0.15) is 10.8 Å². The summed E-state index contributed by atoms with van der Waals surface area (Å²) in [5.74, 6) is 0.454. The zero-order chi connectivity index (χ0) is 14.8. The summed E-state index contributed by atoms with van der Waals surface area (Å²) in [6, 6.07) is 13.1. The van der Waals surface area contributed by atoms with Crippen molar-refractivity contribution >= 4 is 27.5 Å². The van der Waals surface area contributed by atoms with Crippen LogP contribution >= 0.6 is 11.3 Å². The lowest BCUT2D eigenvalue weighted by molar-refractivity contribution is 0.0601. The van der Waals surface area contributed by atoms with Crippen LogP contribution in [0.4, 0.5) is 0 Å². The van der Waals surface area contributed by atoms with Crippen molar-refractivity contribution in [2.24, 2.45) is 0 Å². The van der Waals surface area contributed by atoms with E-state index in [9.17, 15) is 4.79 Å². The molecular weight excluding hydrogens is 286 g/mol. The monoisotopic (exact) mass is 299 g/mol. The number of methoxy groups -OCH3 is 2. The van der Waals surface area contributed by atoms with Crippen LogP contribution in [0.25, 0.3) is 20.8 Å². The maximum absolute atomic E-state index is 11.6. The molecule has 2 aromatic carbocycles. The second-order valence-electron chi connectivity index (χ2n) is 4.43. The summed E-state index contributed by atoms with van der Waals surface area (Å²) in [4.78, 5) is 16.2. The van der Waals surface area contributed by atoms with Crippen LogP contribution < -0.4 is 4.74 Å². The standard InChI is InChI=1S/C16H13NO3S/c1-19-12-5-3-4-10(8-12)15-17-13-7-6-11(16(18)20-2)9-14(13)21-15/h3-9H,1-2H3. The molecular formula is C16H13NO3S. The van der Waals surface area contributed by atoms with E-state index in [1.807, 2.05) is 36.4 Å². The maximum atomic E-state index is 11.6. The van der Waals surface area contributed by atoms with Gasteiger partial charge in [-0.15, -0.1) is 11.3 Å². The van der Waals surface area contributed by atoms with Gasteiger partial charge in [0.2, 0.25) is 0 Å². The van der Waals surface area contributed by atoms with Gasteiger partial charge in [-0.25, -0.2) is 9.78 Å². The Morgan fingerprint density at radius 3 is 2.76 bits per heavy atom. The first-order valence-electron chi connectivity index (χ1n) is 6.34. The summed E-state index contributed by atoms with van der Waals surface area (Å²) in [6.45, 7) is 0. The molecule has 1 heterocycles. The van der Waals surface area contributed by atoms with Gasteiger partial charge < -0.3 is 9.47 Å². The van der Waals surface area contributed by atoms with E-state index in [0.717, 1.165) is 26.5 Å². The molecule has 0 bridgehead atoms. The average Bonchev–Trinajstić information content (AvgIpc) is 2.97. The van der Waals surface area contributed by atoms with E-state index in [2.05, 4.69) is 4.98 Å². The van der Waals surface area contributed by atoms with Crippen molar-refractivity contribution in [1.29, 1.82) is 0 Å². The Morgan fingerprint density at radius 2 is 2.00 bits per heavy atom. The molecule has 0 aliphatic carbocycles. The summed E-state index contributed by atoms with van der Waals surface area (Å²) in [5, 5.41) is 0.894. The highest BCUT2D eigenvalue weighted by Gasteiger charge is 2.11. The van der Waals surface area contributed by atoms with E-state index < -0.39 is 0 Å². The molecule has 5 heteroatoms. The summed E-state index contributed by atoms with van der Waals surface area (Å²) in [5.41, 5.74) is 2.39. The van der Waals surface area contributed by atoms with Crippen molar-refractivity contribution < 1.29 is 14.3 Å². The number of aromatic nitrogens is 1. The molecule has 3 aromatic rings. The van der Waals surface area contributed by atoms with Crippen LogP contribution in [0.5, 0.6) is 5.75 Å². The second kappa shape index (κ2) is 5.54. The number of thiazole rings is 1. The molecule has 3 rings (SSSR count). The van der Waals surface area contributed by atoms with Crippen LogP contribution in [0.2, 0.25) is 0 Å². The SMILES string of the molecule is COC(=O)c1ccc2nc(-c3cccc(OC)c3)sc2c1. The molecule has 0 fully saturated rings. The maximum Gasteiger partial charge on any atom is 0.337 e. The molecule has 0 atom stereocenters. The summed E-state index contributed by atoms with van der Waals surface area (Å²) in [7, 11) is 3.01. The van der Waals surface area contributed by atoms with Gasteiger partial charge in [-0.1, -0.05) is 12.1 Å². The third-order valence-corrected chi connectivity index (χ3v) is 4.19. The fraction of sp³-hybridized carbons (Fsp3) is 0.125. The van der Waals surface area contributed by atoms with E-state index in [4.69, 9.17) is 9.47 Å². The van der Waals surface area contributed by atoms with E-state index in [-0.39, 0.29) is 5.97 Å². The van der Waals surface area contributed by atoms with Crippen LogP contribution in [-0.4, -0.2) is 25.2 Å². The number of rotatable bonds is 3. The molecule has 4 nitrogen and oxygen atoms in total. The number of benzene rings is 2. The third-order valence-electron chi connectivity index (χ3n) is 3.13. The van der Waals surface area contributed by atoms with E-state index >= 15 is 0 Å². The molecule has 1 aromatic heterocycles. The Bertz CT molecular complexity index is 810. The quantitative estimate of drug-likeness (QED) is 0.691. The van der Waals surface area contributed by atoms with Crippen molar-refractivity contribution in [3.8, 4) is 16.3 Å². The molecule has 0 amide bonds. The van der Waals surface area contributed by atoms with Crippen LogP contribution in [0.1, 0.15) is 10.4 Å². The Labute approximate surface area is 126 Å². The lowest BCUT2D eigenvalue weighted by atomic mass is 10.2. The predicted molar refractivity (Wildman–Crippen MR) is 82.9 cm³/mol. The molecule has 0 aliphatic heterocycles. The summed E-state index contributed by atoms with van der Waals surface area (Å²) < 4.78 is 10.9. The van der Waals surface area contributed by atoms with Crippen LogP contribution in [-0.2, 0) is 4.74 Å². The van der Waals surface area contributed by atoms with Crippen molar-refractivity contribution in [1.82, 2.24) is 4.98 Å². The average molecular weight is 299 g/mol. The Morgan fingerprint density at radius 1 is 1.14 bits per heavy atom. The summed E-state index contributed by atoms with van der Waals surface area (Å²) >= 11 is 1.54. The number of hydrogen-bond acceptors (Lipinski definition) is 5. The molecule has 0 aliphatic rings.